The fraction of sp³-hybridized carbons (Fsp3) is 0.526. The number of hydrogen-bond acceptors (Lipinski definition) is 3. The van der Waals surface area contributed by atoms with Gasteiger partial charge in [0.25, 0.3) is 0 Å². The molecule has 0 bridgehead atoms. The first-order valence-corrected chi connectivity index (χ1v) is 9.00. The molecule has 0 radical (unpaired) electrons. The predicted molar refractivity (Wildman–Crippen MR) is 97.7 cm³/mol. The van der Waals surface area contributed by atoms with Crippen LogP contribution in [0.15, 0.2) is 24.3 Å². The number of amides is 3. The molecule has 25 heavy (non-hydrogen) atoms. The van der Waals surface area contributed by atoms with Crippen molar-refractivity contribution in [1.82, 2.24) is 10.6 Å². The number of urea groups is 1. The second-order valence-electron chi connectivity index (χ2n) is 6.52. The highest BCUT2D eigenvalue weighted by molar-refractivity contribution is 5.97. The summed E-state index contributed by atoms with van der Waals surface area (Å²) in [6.45, 7) is 1.95. The average molecular weight is 345 g/mol. The molecular weight excluding hydrogens is 318 g/mol. The molecule has 3 N–H and O–H groups in total. The lowest BCUT2D eigenvalue weighted by Crippen LogP contribution is -2.43. The van der Waals surface area contributed by atoms with Crippen LogP contribution in [0.4, 0.5) is 10.5 Å². The lowest BCUT2D eigenvalue weighted by atomic mass is 9.96. The normalized spacial score (nSPS) is 14.6. The SMILES string of the molecule is CC(=O)c1cccc(NC(=O)CCCNC(=O)NC2CCCCC2)c1. The van der Waals surface area contributed by atoms with Gasteiger partial charge >= 0.3 is 6.03 Å². The van der Waals surface area contributed by atoms with Crippen LogP contribution in [-0.2, 0) is 4.79 Å². The van der Waals surface area contributed by atoms with Gasteiger partial charge in [-0.25, -0.2) is 4.79 Å². The van der Waals surface area contributed by atoms with E-state index in [0.29, 0.717) is 30.6 Å². The van der Waals surface area contributed by atoms with E-state index in [-0.39, 0.29) is 23.8 Å². The van der Waals surface area contributed by atoms with Crippen molar-refractivity contribution in [3.8, 4) is 0 Å². The maximum Gasteiger partial charge on any atom is 0.315 e. The van der Waals surface area contributed by atoms with Gasteiger partial charge in [0.2, 0.25) is 5.91 Å². The average Bonchev–Trinajstić information content (AvgIpc) is 2.60. The van der Waals surface area contributed by atoms with Crippen molar-refractivity contribution in [2.75, 3.05) is 11.9 Å². The van der Waals surface area contributed by atoms with Crippen LogP contribution in [0.25, 0.3) is 0 Å². The van der Waals surface area contributed by atoms with Gasteiger partial charge in [-0.3, -0.25) is 9.59 Å². The van der Waals surface area contributed by atoms with Crippen molar-refractivity contribution in [2.45, 2.75) is 57.9 Å². The number of Topliss-reactive ketones (excluding diaryl/α,β-unsaturated/α-hetero) is 1. The van der Waals surface area contributed by atoms with Crippen molar-refractivity contribution in [1.29, 1.82) is 0 Å². The Hall–Kier alpha value is -2.37. The molecular formula is C19H27N3O3. The molecule has 6 nitrogen and oxygen atoms in total. The molecule has 1 aliphatic rings. The molecule has 0 atom stereocenters. The minimum atomic E-state index is -0.151. The Morgan fingerprint density at radius 2 is 1.88 bits per heavy atom. The Balaban J connectivity index is 1.62. The number of hydrogen-bond donors (Lipinski definition) is 3. The van der Waals surface area contributed by atoms with E-state index >= 15 is 0 Å². The van der Waals surface area contributed by atoms with Gasteiger partial charge in [0, 0.05) is 30.3 Å². The van der Waals surface area contributed by atoms with Crippen molar-refractivity contribution in [3.63, 3.8) is 0 Å². The Morgan fingerprint density at radius 1 is 1.12 bits per heavy atom. The smallest absolute Gasteiger partial charge is 0.315 e. The molecule has 0 heterocycles. The Bertz CT molecular complexity index is 610. The third kappa shape index (κ3) is 6.95. The molecule has 136 valence electrons. The van der Waals surface area contributed by atoms with E-state index in [9.17, 15) is 14.4 Å². The summed E-state index contributed by atoms with van der Waals surface area (Å²) >= 11 is 0. The summed E-state index contributed by atoms with van der Waals surface area (Å²) in [5.41, 5.74) is 1.18. The topological polar surface area (TPSA) is 87.3 Å². The predicted octanol–water partition coefficient (Wildman–Crippen LogP) is 3.24. The molecule has 1 fully saturated rings. The van der Waals surface area contributed by atoms with Gasteiger partial charge in [0.05, 0.1) is 0 Å². The van der Waals surface area contributed by atoms with E-state index in [1.165, 1.54) is 26.2 Å². The van der Waals surface area contributed by atoms with Gasteiger partial charge in [-0.1, -0.05) is 31.4 Å². The number of benzene rings is 1. The van der Waals surface area contributed by atoms with Crippen molar-refractivity contribution >= 4 is 23.4 Å². The summed E-state index contributed by atoms with van der Waals surface area (Å²) < 4.78 is 0. The van der Waals surface area contributed by atoms with Crippen molar-refractivity contribution in [2.24, 2.45) is 0 Å². The Morgan fingerprint density at radius 3 is 2.60 bits per heavy atom. The zero-order valence-corrected chi connectivity index (χ0v) is 14.8. The highest BCUT2D eigenvalue weighted by Gasteiger charge is 2.15. The van der Waals surface area contributed by atoms with Crippen LogP contribution in [0.3, 0.4) is 0 Å². The third-order valence-electron chi connectivity index (χ3n) is 4.36. The molecule has 2 rings (SSSR count). The van der Waals surface area contributed by atoms with Gasteiger partial charge in [0.15, 0.2) is 5.78 Å². The number of carbonyl (C=O) groups excluding carboxylic acids is 3. The molecule has 1 aliphatic carbocycles. The highest BCUT2D eigenvalue weighted by Crippen LogP contribution is 2.17. The molecule has 1 aromatic carbocycles. The van der Waals surface area contributed by atoms with E-state index in [1.807, 2.05) is 0 Å². The fourth-order valence-corrected chi connectivity index (χ4v) is 2.97. The van der Waals surface area contributed by atoms with Gasteiger partial charge in [0.1, 0.15) is 0 Å². The van der Waals surface area contributed by atoms with Gasteiger partial charge in [-0.2, -0.15) is 0 Å². The Labute approximate surface area is 148 Å². The molecule has 0 aliphatic heterocycles. The standard InChI is InChI=1S/C19H27N3O3/c1-14(23)15-7-5-10-17(13-15)21-18(24)11-6-12-20-19(25)22-16-8-3-2-4-9-16/h5,7,10,13,16H,2-4,6,8-9,11-12H2,1H3,(H,21,24)(H2,20,22,25). The minimum absolute atomic E-state index is 0.0377. The fourth-order valence-electron chi connectivity index (χ4n) is 2.97. The lowest BCUT2D eigenvalue weighted by Gasteiger charge is -2.22. The lowest BCUT2D eigenvalue weighted by molar-refractivity contribution is -0.116. The first-order valence-electron chi connectivity index (χ1n) is 9.00. The van der Waals surface area contributed by atoms with Crippen LogP contribution in [0, 0.1) is 0 Å². The van der Waals surface area contributed by atoms with Crippen molar-refractivity contribution < 1.29 is 14.4 Å². The van der Waals surface area contributed by atoms with E-state index in [4.69, 9.17) is 0 Å². The highest BCUT2D eigenvalue weighted by atomic mass is 16.2. The first kappa shape index (κ1) is 19.0. The van der Waals surface area contributed by atoms with Gasteiger partial charge in [-0.15, -0.1) is 0 Å². The van der Waals surface area contributed by atoms with E-state index < -0.39 is 0 Å². The molecule has 3 amide bonds. The summed E-state index contributed by atoms with van der Waals surface area (Å²) in [5.74, 6) is -0.167. The zero-order chi connectivity index (χ0) is 18.1. The monoisotopic (exact) mass is 345 g/mol. The zero-order valence-electron chi connectivity index (χ0n) is 14.8. The summed E-state index contributed by atoms with van der Waals surface area (Å²) in [6, 6.07) is 7.00. The molecule has 0 saturated heterocycles. The first-order chi connectivity index (χ1) is 12.0. The summed E-state index contributed by atoms with van der Waals surface area (Å²) in [6.07, 6.45) is 6.59. The number of nitrogens with one attached hydrogen (secondary N) is 3. The second kappa shape index (κ2) is 9.81. The molecule has 1 saturated carbocycles. The number of anilines is 1. The van der Waals surface area contributed by atoms with Crippen LogP contribution < -0.4 is 16.0 Å². The third-order valence-corrected chi connectivity index (χ3v) is 4.36. The quantitative estimate of drug-likeness (QED) is 0.524. The van der Waals surface area contributed by atoms with Crippen LogP contribution in [0.1, 0.15) is 62.2 Å². The molecule has 6 heteroatoms. The van der Waals surface area contributed by atoms with Gasteiger partial charge < -0.3 is 16.0 Å². The summed E-state index contributed by atoms with van der Waals surface area (Å²) in [5, 5.41) is 8.55. The number of carbonyl (C=O) groups is 3. The minimum Gasteiger partial charge on any atom is -0.338 e. The Kier molecular flexibility index (Phi) is 7.44. The summed E-state index contributed by atoms with van der Waals surface area (Å²) in [4.78, 5) is 35.1. The number of rotatable bonds is 7. The second-order valence-corrected chi connectivity index (χ2v) is 6.52. The molecule has 0 unspecified atom stereocenters. The molecule has 0 aromatic heterocycles. The largest absolute Gasteiger partial charge is 0.338 e. The van der Waals surface area contributed by atoms with E-state index in [1.54, 1.807) is 24.3 Å². The van der Waals surface area contributed by atoms with Crippen LogP contribution in [-0.4, -0.2) is 30.3 Å². The van der Waals surface area contributed by atoms with Gasteiger partial charge in [-0.05, 0) is 38.3 Å². The van der Waals surface area contributed by atoms with E-state index in [0.717, 1.165) is 12.8 Å². The van der Waals surface area contributed by atoms with E-state index in [2.05, 4.69) is 16.0 Å². The maximum absolute atomic E-state index is 11.9. The number of ketones is 1. The molecule has 0 spiro atoms. The van der Waals surface area contributed by atoms with Crippen molar-refractivity contribution in [3.05, 3.63) is 29.8 Å². The maximum atomic E-state index is 11.9. The molecule has 1 aromatic rings. The van der Waals surface area contributed by atoms with Crippen LogP contribution in [0.5, 0.6) is 0 Å². The van der Waals surface area contributed by atoms with Crippen LogP contribution in [0.2, 0.25) is 0 Å². The van der Waals surface area contributed by atoms with Crippen LogP contribution >= 0.6 is 0 Å². The summed E-state index contributed by atoms with van der Waals surface area (Å²) in [7, 11) is 0.